The van der Waals surface area contributed by atoms with Crippen molar-refractivity contribution in [1.29, 1.82) is 0 Å². The highest BCUT2D eigenvalue weighted by Crippen LogP contribution is 2.26. The smallest absolute Gasteiger partial charge is 0.263 e. The van der Waals surface area contributed by atoms with E-state index in [4.69, 9.17) is 5.11 Å². The zero-order valence-corrected chi connectivity index (χ0v) is 13.1. The summed E-state index contributed by atoms with van der Waals surface area (Å²) in [5.74, 6) is 6.80. The number of aryl methyl sites for hydroxylation is 1. The lowest BCUT2D eigenvalue weighted by atomic mass is 9.92. The molecule has 3 nitrogen and oxygen atoms in total. The normalized spacial score (nSPS) is 22.3. The quantitative estimate of drug-likeness (QED) is 0.808. The van der Waals surface area contributed by atoms with Crippen molar-refractivity contribution in [3.63, 3.8) is 0 Å². The van der Waals surface area contributed by atoms with E-state index < -0.39 is 0 Å². The highest BCUT2D eigenvalue weighted by atomic mass is 32.1. The Morgan fingerprint density at radius 2 is 2.10 bits per heavy atom. The lowest BCUT2D eigenvalue weighted by molar-refractivity contribution is 0.0628. The third-order valence-electron chi connectivity index (χ3n) is 3.57. The van der Waals surface area contributed by atoms with Gasteiger partial charge in [0.05, 0.1) is 9.75 Å². The molecular weight excluding hydrogens is 270 g/mol. The minimum Gasteiger partial charge on any atom is -0.384 e. The molecule has 0 radical (unpaired) electrons. The van der Waals surface area contributed by atoms with E-state index in [1.807, 2.05) is 17.9 Å². The number of carbonyl (C=O) groups is 1. The monoisotopic (exact) mass is 291 g/mol. The Hall–Kier alpha value is -1.31. The van der Waals surface area contributed by atoms with Gasteiger partial charge in [-0.05, 0) is 36.8 Å². The predicted octanol–water partition coefficient (Wildman–Crippen LogP) is 2.52. The van der Waals surface area contributed by atoms with Crippen LogP contribution < -0.4 is 0 Å². The van der Waals surface area contributed by atoms with Crippen LogP contribution in [0.4, 0.5) is 0 Å². The molecule has 1 N–H and O–H groups in total. The highest BCUT2D eigenvalue weighted by molar-refractivity contribution is 7.14. The van der Waals surface area contributed by atoms with E-state index in [0.29, 0.717) is 11.8 Å². The Morgan fingerprint density at radius 1 is 1.45 bits per heavy atom. The maximum atomic E-state index is 12.6. The molecule has 1 aromatic heterocycles. The van der Waals surface area contributed by atoms with Gasteiger partial charge in [-0.1, -0.05) is 25.7 Å². The van der Waals surface area contributed by atoms with Crippen LogP contribution in [0.25, 0.3) is 0 Å². The summed E-state index contributed by atoms with van der Waals surface area (Å²) in [6, 6.07) is 1.92. The first-order valence-electron chi connectivity index (χ1n) is 7.00. The number of aliphatic hydroxyl groups is 1. The van der Waals surface area contributed by atoms with Gasteiger partial charge in [0.15, 0.2) is 0 Å². The fourth-order valence-electron chi connectivity index (χ4n) is 2.82. The topological polar surface area (TPSA) is 40.5 Å². The van der Waals surface area contributed by atoms with Crippen molar-refractivity contribution in [2.45, 2.75) is 27.2 Å². The number of thiophene rings is 1. The van der Waals surface area contributed by atoms with E-state index in [1.54, 1.807) is 0 Å². The maximum Gasteiger partial charge on any atom is 0.263 e. The molecule has 0 bridgehead atoms. The fourth-order valence-corrected chi connectivity index (χ4v) is 3.83. The molecule has 0 aliphatic carbocycles. The summed E-state index contributed by atoms with van der Waals surface area (Å²) >= 11 is 1.43. The summed E-state index contributed by atoms with van der Waals surface area (Å²) in [5, 5.41) is 8.75. The summed E-state index contributed by atoms with van der Waals surface area (Å²) in [7, 11) is 0. The molecule has 2 heterocycles. The Balaban J connectivity index is 2.17. The molecule has 0 aromatic carbocycles. The van der Waals surface area contributed by atoms with Crippen molar-refractivity contribution in [2.24, 2.45) is 11.8 Å². The van der Waals surface area contributed by atoms with Crippen LogP contribution in [-0.2, 0) is 0 Å². The standard InChI is InChI=1S/C16H21NO2S/c1-11-7-12(2)10-17(9-11)16(19)15-8-13(3)14(20-15)5-4-6-18/h8,11-12,18H,6-7,9-10H2,1-3H3. The number of rotatable bonds is 1. The third kappa shape index (κ3) is 3.41. The Bertz CT molecular complexity index is 543. The zero-order chi connectivity index (χ0) is 14.7. The molecule has 20 heavy (non-hydrogen) atoms. The predicted molar refractivity (Wildman–Crippen MR) is 81.9 cm³/mol. The summed E-state index contributed by atoms with van der Waals surface area (Å²) in [5.41, 5.74) is 1.01. The van der Waals surface area contributed by atoms with Gasteiger partial charge in [-0.25, -0.2) is 0 Å². The van der Waals surface area contributed by atoms with Crippen molar-refractivity contribution >= 4 is 17.2 Å². The summed E-state index contributed by atoms with van der Waals surface area (Å²) in [6.07, 6.45) is 1.19. The van der Waals surface area contributed by atoms with Gasteiger partial charge in [0.2, 0.25) is 0 Å². The van der Waals surface area contributed by atoms with Gasteiger partial charge < -0.3 is 10.0 Å². The van der Waals surface area contributed by atoms with Crippen LogP contribution in [0.3, 0.4) is 0 Å². The number of carbonyl (C=O) groups excluding carboxylic acids is 1. The number of hydrogen-bond acceptors (Lipinski definition) is 3. The highest BCUT2D eigenvalue weighted by Gasteiger charge is 2.27. The van der Waals surface area contributed by atoms with E-state index in [-0.39, 0.29) is 12.5 Å². The van der Waals surface area contributed by atoms with E-state index >= 15 is 0 Å². The van der Waals surface area contributed by atoms with Crippen LogP contribution in [0.5, 0.6) is 0 Å². The number of piperidine rings is 1. The Labute approximate surface area is 124 Å². The van der Waals surface area contributed by atoms with Gasteiger partial charge in [-0.15, -0.1) is 11.3 Å². The largest absolute Gasteiger partial charge is 0.384 e. The summed E-state index contributed by atoms with van der Waals surface area (Å²) in [6.45, 7) is 7.90. The Kier molecular flexibility index (Phi) is 4.85. The van der Waals surface area contributed by atoms with Gasteiger partial charge in [0.25, 0.3) is 5.91 Å². The third-order valence-corrected chi connectivity index (χ3v) is 4.71. The van der Waals surface area contributed by atoms with E-state index in [2.05, 4.69) is 25.7 Å². The molecule has 1 saturated heterocycles. The van der Waals surface area contributed by atoms with Crippen molar-refractivity contribution in [2.75, 3.05) is 19.7 Å². The lowest BCUT2D eigenvalue weighted by Gasteiger charge is -2.34. The molecule has 0 saturated carbocycles. The molecule has 2 rings (SSSR count). The van der Waals surface area contributed by atoms with Crippen LogP contribution in [0, 0.1) is 30.6 Å². The Morgan fingerprint density at radius 3 is 2.70 bits per heavy atom. The first-order chi connectivity index (χ1) is 9.51. The molecule has 1 aliphatic heterocycles. The van der Waals surface area contributed by atoms with Crippen LogP contribution >= 0.6 is 11.3 Å². The van der Waals surface area contributed by atoms with Crippen molar-refractivity contribution in [3.8, 4) is 11.8 Å². The van der Waals surface area contributed by atoms with Gasteiger partial charge >= 0.3 is 0 Å². The van der Waals surface area contributed by atoms with E-state index in [0.717, 1.165) is 28.4 Å². The van der Waals surface area contributed by atoms with Crippen molar-refractivity contribution in [1.82, 2.24) is 4.90 Å². The lowest BCUT2D eigenvalue weighted by Crippen LogP contribution is -2.42. The number of hydrogen-bond donors (Lipinski definition) is 1. The minimum absolute atomic E-state index is 0.119. The van der Waals surface area contributed by atoms with E-state index in [1.165, 1.54) is 17.8 Å². The second-order valence-corrected chi connectivity index (χ2v) is 6.79. The minimum atomic E-state index is -0.151. The average molecular weight is 291 g/mol. The molecule has 0 spiro atoms. The fraction of sp³-hybridized carbons (Fsp3) is 0.562. The molecular formula is C16H21NO2S. The first kappa shape index (κ1) is 15.1. The van der Waals surface area contributed by atoms with Crippen molar-refractivity contribution < 1.29 is 9.90 Å². The second kappa shape index (κ2) is 6.43. The number of aliphatic hydroxyl groups excluding tert-OH is 1. The molecule has 108 valence electrons. The maximum absolute atomic E-state index is 12.6. The van der Waals surface area contributed by atoms with E-state index in [9.17, 15) is 4.79 Å². The summed E-state index contributed by atoms with van der Waals surface area (Å²) in [4.78, 5) is 16.2. The van der Waals surface area contributed by atoms with Gasteiger partial charge in [-0.3, -0.25) is 4.79 Å². The summed E-state index contributed by atoms with van der Waals surface area (Å²) < 4.78 is 0. The molecule has 1 fully saturated rings. The van der Waals surface area contributed by atoms with Crippen LogP contribution in [0.1, 0.15) is 40.4 Å². The number of amides is 1. The first-order valence-corrected chi connectivity index (χ1v) is 7.82. The SMILES string of the molecule is Cc1cc(C(=O)N2CC(C)CC(C)C2)sc1C#CCO. The molecule has 1 aliphatic rings. The molecule has 1 aromatic rings. The van der Waals surface area contributed by atoms with Crippen LogP contribution in [0.2, 0.25) is 0 Å². The molecule has 2 atom stereocenters. The average Bonchev–Trinajstić information content (AvgIpc) is 2.75. The van der Waals surface area contributed by atoms with Crippen LogP contribution in [-0.4, -0.2) is 35.6 Å². The zero-order valence-electron chi connectivity index (χ0n) is 12.3. The van der Waals surface area contributed by atoms with Crippen LogP contribution in [0.15, 0.2) is 6.07 Å². The van der Waals surface area contributed by atoms with Gasteiger partial charge in [0, 0.05) is 13.1 Å². The molecule has 1 amide bonds. The molecule has 4 heteroatoms. The van der Waals surface area contributed by atoms with Gasteiger partial charge in [0.1, 0.15) is 6.61 Å². The van der Waals surface area contributed by atoms with Gasteiger partial charge in [-0.2, -0.15) is 0 Å². The number of nitrogens with zero attached hydrogens (tertiary/aromatic N) is 1. The van der Waals surface area contributed by atoms with Crippen molar-refractivity contribution in [3.05, 3.63) is 21.4 Å². The molecule has 2 unspecified atom stereocenters. The number of likely N-dealkylation sites (tertiary alicyclic amines) is 1. The second-order valence-electron chi connectivity index (χ2n) is 5.74.